The van der Waals surface area contributed by atoms with E-state index in [0.717, 1.165) is 12.5 Å². The van der Waals surface area contributed by atoms with Gasteiger partial charge >= 0.3 is 21.2 Å². The molecular formula is C22H27ClN7O10P2+. The molecule has 17 nitrogen and oxygen atoms in total. The summed E-state index contributed by atoms with van der Waals surface area (Å²) in [7, 11) is -9.89. The monoisotopic (exact) mass is 646 g/mol. The molecule has 0 bridgehead atoms. The van der Waals surface area contributed by atoms with Crippen LogP contribution in [0.5, 0.6) is 5.75 Å². The zero-order valence-corrected chi connectivity index (χ0v) is 24.4. The zero-order chi connectivity index (χ0) is 30.2. The Morgan fingerprint density at radius 3 is 2.69 bits per heavy atom. The number of nitrogens with one attached hydrogen (secondary N) is 1. The van der Waals surface area contributed by atoms with E-state index in [-0.39, 0.29) is 30.3 Å². The van der Waals surface area contributed by atoms with Gasteiger partial charge in [-0.05, 0) is 24.3 Å². The topological polar surface area (TPSA) is 230 Å². The molecule has 0 radical (unpaired) electrons. The number of nitrogen functional groups attached to an aromatic ring is 1. The van der Waals surface area contributed by atoms with Crippen LogP contribution in [0.2, 0.25) is 5.02 Å². The van der Waals surface area contributed by atoms with E-state index in [2.05, 4.69) is 19.3 Å². The van der Waals surface area contributed by atoms with Crippen molar-refractivity contribution in [1.82, 2.24) is 23.9 Å². The number of hydrogen-bond acceptors (Lipinski definition) is 11. The van der Waals surface area contributed by atoms with Crippen molar-refractivity contribution in [2.75, 3.05) is 18.9 Å². The van der Waals surface area contributed by atoms with Crippen molar-refractivity contribution in [3.63, 3.8) is 0 Å². The van der Waals surface area contributed by atoms with Crippen molar-refractivity contribution < 1.29 is 46.9 Å². The van der Waals surface area contributed by atoms with Gasteiger partial charge in [-0.2, -0.15) is 4.31 Å². The van der Waals surface area contributed by atoms with Crippen LogP contribution in [0, 0.1) is 5.92 Å². The fraction of sp³-hybridized carbons (Fsp3) is 0.364. The number of phosphoric acid groups is 1. The molecule has 0 spiro atoms. The number of aliphatic hydroxyl groups is 1. The zero-order valence-electron chi connectivity index (χ0n) is 21.8. The molecule has 1 saturated heterocycles. The number of rotatable bonds is 11. The van der Waals surface area contributed by atoms with Gasteiger partial charge in [-0.3, -0.25) is 18.9 Å². The van der Waals surface area contributed by atoms with Gasteiger partial charge in [0.15, 0.2) is 12.6 Å². The number of nitrogens with zero attached hydrogens (tertiary/aromatic N) is 5. The second-order valence-corrected chi connectivity index (χ2v) is 13.1. The van der Waals surface area contributed by atoms with Crippen LogP contribution in [0.25, 0.3) is 11.2 Å². The fourth-order valence-corrected chi connectivity index (χ4v) is 6.92. The van der Waals surface area contributed by atoms with E-state index in [0.29, 0.717) is 15.1 Å². The maximum atomic E-state index is 12.8. The van der Waals surface area contributed by atoms with Crippen LogP contribution in [0.4, 0.5) is 5.95 Å². The van der Waals surface area contributed by atoms with Crippen molar-refractivity contribution in [1.29, 1.82) is 0 Å². The Hall–Kier alpha value is -3.11. The smallest absolute Gasteiger partial charge is 0.480 e. The SMILES string of the molecule is C[C@@H]1[C@H](O)[C@@H](COP(=O)(O)OP(=O)(O)n2ccnc2)O[C@H]1[n+]1cn(CCOc2ccc(Cl)cc2)c2c(=O)[nH]c(N)nc21. The molecule has 3 aromatic heterocycles. The molecule has 0 aliphatic carbocycles. The molecule has 5 rings (SSSR count). The Morgan fingerprint density at radius 1 is 1.26 bits per heavy atom. The minimum atomic E-state index is -5.09. The summed E-state index contributed by atoms with van der Waals surface area (Å²) in [5.74, 6) is -0.206. The number of fused-ring (bicyclic) bond motifs is 1. The number of aliphatic hydroxyl groups excluding tert-OH is 1. The van der Waals surface area contributed by atoms with Gasteiger partial charge in [0.1, 0.15) is 31.3 Å². The predicted molar refractivity (Wildman–Crippen MR) is 145 cm³/mol. The third-order valence-corrected chi connectivity index (χ3v) is 9.68. The minimum Gasteiger partial charge on any atom is -0.490 e. The summed E-state index contributed by atoms with van der Waals surface area (Å²) in [6.07, 6.45) is 1.43. The molecule has 1 aliphatic heterocycles. The van der Waals surface area contributed by atoms with Gasteiger partial charge in [0, 0.05) is 23.3 Å². The van der Waals surface area contributed by atoms with E-state index in [1.165, 1.54) is 10.8 Å². The van der Waals surface area contributed by atoms with E-state index in [1.54, 1.807) is 42.1 Å². The summed E-state index contributed by atoms with van der Waals surface area (Å²) in [6.45, 7) is 1.38. The number of benzene rings is 1. The number of ether oxygens (including phenoxy) is 2. The molecule has 0 saturated carbocycles. The number of aromatic nitrogens is 6. The van der Waals surface area contributed by atoms with Crippen LogP contribution in [-0.2, 0) is 29.2 Å². The van der Waals surface area contributed by atoms with Gasteiger partial charge < -0.3 is 30.1 Å². The summed E-state index contributed by atoms with van der Waals surface area (Å²) < 4.78 is 49.5. The molecule has 20 heteroatoms. The number of aromatic amines is 1. The predicted octanol–water partition coefficient (Wildman–Crippen LogP) is 1.20. The van der Waals surface area contributed by atoms with E-state index in [9.17, 15) is 28.8 Å². The molecule has 2 unspecified atom stereocenters. The summed E-state index contributed by atoms with van der Waals surface area (Å²) in [6, 6.07) is 6.77. The van der Waals surface area contributed by atoms with Gasteiger partial charge in [0.2, 0.25) is 5.52 Å². The van der Waals surface area contributed by atoms with Crippen LogP contribution < -0.4 is 20.6 Å². The van der Waals surface area contributed by atoms with Crippen LogP contribution in [0.15, 0.2) is 54.1 Å². The van der Waals surface area contributed by atoms with Gasteiger partial charge in [-0.15, -0.1) is 0 Å². The Balaban J connectivity index is 1.32. The summed E-state index contributed by atoms with van der Waals surface area (Å²) >= 11 is 5.91. The number of H-pyrrole nitrogens is 1. The van der Waals surface area contributed by atoms with Crippen molar-refractivity contribution in [3.8, 4) is 5.75 Å². The van der Waals surface area contributed by atoms with E-state index in [4.69, 9.17) is 31.3 Å². The number of anilines is 1. The lowest BCUT2D eigenvalue weighted by Crippen LogP contribution is -2.43. The Labute approximate surface area is 242 Å². The van der Waals surface area contributed by atoms with Gasteiger partial charge in [0.05, 0.1) is 12.7 Å². The number of phosphoric ester groups is 1. The molecule has 1 fully saturated rings. The number of imidazole rings is 2. The average molecular weight is 647 g/mol. The number of nitrogens with two attached hydrogens (primary N) is 1. The van der Waals surface area contributed by atoms with Crippen molar-refractivity contribution >= 4 is 44.3 Å². The van der Waals surface area contributed by atoms with Crippen molar-refractivity contribution in [2.24, 2.45) is 5.92 Å². The third-order valence-electron chi connectivity index (χ3n) is 6.46. The van der Waals surface area contributed by atoms with E-state index < -0.39 is 52.1 Å². The minimum absolute atomic E-state index is 0.146. The maximum Gasteiger partial charge on any atom is 0.480 e. The van der Waals surface area contributed by atoms with Crippen molar-refractivity contribution in [3.05, 3.63) is 64.7 Å². The lowest BCUT2D eigenvalue weighted by Gasteiger charge is -2.19. The molecule has 42 heavy (non-hydrogen) atoms. The van der Waals surface area contributed by atoms with Crippen LogP contribution in [-0.4, -0.2) is 64.2 Å². The normalized spacial score (nSPS) is 23.5. The first-order chi connectivity index (χ1) is 19.8. The fourth-order valence-electron chi connectivity index (χ4n) is 4.44. The molecule has 1 aromatic carbocycles. The van der Waals surface area contributed by atoms with Crippen LogP contribution in [0.1, 0.15) is 13.2 Å². The lowest BCUT2D eigenvalue weighted by molar-refractivity contribution is -0.745. The number of hydrogen-bond donors (Lipinski definition) is 5. The summed E-state index contributed by atoms with van der Waals surface area (Å²) in [5.41, 5.74) is 5.61. The largest absolute Gasteiger partial charge is 0.490 e. The third kappa shape index (κ3) is 6.44. The maximum absolute atomic E-state index is 12.8. The summed E-state index contributed by atoms with van der Waals surface area (Å²) in [5, 5.41) is 11.4. The van der Waals surface area contributed by atoms with E-state index in [1.807, 2.05) is 0 Å². The first-order valence-corrected chi connectivity index (χ1v) is 15.8. The molecule has 4 aromatic rings. The van der Waals surface area contributed by atoms with Gasteiger partial charge in [-0.1, -0.05) is 23.5 Å². The Morgan fingerprint density at radius 2 is 2.00 bits per heavy atom. The Bertz CT molecular complexity index is 1710. The molecule has 0 amide bonds. The van der Waals surface area contributed by atoms with Gasteiger partial charge in [-0.25, -0.2) is 23.0 Å². The highest BCUT2D eigenvalue weighted by atomic mass is 35.5. The second-order valence-electron chi connectivity index (χ2n) is 9.34. The first kappa shape index (κ1) is 30.4. The lowest BCUT2D eigenvalue weighted by atomic mass is 10.0. The highest BCUT2D eigenvalue weighted by Gasteiger charge is 2.47. The van der Waals surface area contributed by atoms with Crippen LogP contribution in [0.3, 0.4) is 0 Å². The average Bonchev–Trinajstić information content (AvgIpc) is 3.64. The van der Waals surface area contributed by atoms with Crippen LogP contribution >= 0.6 is 27.2 Å². The molecular weight excluding hydrogens is 620 g/mol. The summed E-state index contributed by atoms with van der Waals surface area (Å²) in [4.78, 5) is 43.2. The molecule has 6 atom stereocenters. The standard InChI is InChI=1S/C22H26ClN7O10P2/c1-13-18(31)16(10-38-42(35,36)40-41(33,34)29-7-6-25-11-29)39-21(13)30-12-28(17-19(30)26-22(24)27-20(17)32)8-9-37-15-4-2-14(23)3-5-15/h2-7,11-13,16,18,21,31H,8-10H2,1H3,(H4-,24,26,27,32,33,34,35,36)/p+1/t13-,16-,18+,21-/m1/s1. The second kappa shape index (κ2) is 11.9. The number of halogens is 1. The highest BCUT2D eigenvalue weighted by Crippen LogP contribution is 2.60. The Kier molecular flexibility index (Phi) is 8.58. The molecule has 226 valence electrons. The quantitative estimate of drug-likeness (QED) is 0.114. The molecule has 6 N–H and O–H groups in total. The molecule has 1 aliphatic rings. The first-order valence-electron chi connectivity index (χ1n) is 12.4. The van der Waals surface area contributed by atoms with Gasteiger partial charge in [0.25, 0.3) is 11.5 Å². The van der Waals surface area contributed by atoms with E-state index >= 15 is 0 Å². The highest BCUT2D eigenvalue weighted by molar-refractivity contribution is 7.63. The van der Waals surface area contributed by atoms with Crippen molar-refractivity contribution in [2.45, 2.75) is 31.9 Å². The molecule has 4 heterocycles.